The van der Waals surface area contributed by atoms with Gasteiger partial charge in [-0.2, -0.15) is 0 Å². The number of nitrogens with one attached hydrogen (secondary N) is 2. The first-order valence-electron chi connectivity index (χ1n) is 10.8. The van der Waals surface area contributed by atoms with Crippen molar-refractivity contribution >= 4 is 28.2 Å². The van der Waals surface area contributed by atoms with Crippen LogP contribution in [0.5, 0.6) is 0 Å². The van der Waals surface area contributed by atoms with Gasteiger partial charge >= 0.3 is 0 Å². The van der Waals surface area contributed by atoms with Gasteiger partial charge in [0.05, 0.1) is 10.9 Å². The second-order valence-electron chi connectivity index (χ2n) is 7.91. The molecule has 0 amide bonds. The molecule has 5 heteroatoms. The van der Waals surface area contributed by atoms with Crippen LogP contribution < -0.4 is 16.1 Å². The number of benzene rings is 2. The van der Waals surface area contributed by atoms with Crippen molar-refractivity contribution in [2.75, 3.05) is 10.6 Å². The predicted molar refractivity (Wildman–Crippen MR) is 132 cm³/mol. The normalized spacial score (nSPS) is 13.1. The van der Waals surface area contributed by atoms with Crippen LogP contribution in [0.1, 0.15) is 18.4 Å². The minimum atomic E-state index is -0.0651. The zero-order chi connectivity index (χ0) is 21.9. The quantitative estimate of drug-likeness (QED) is 0.411. The molecule has 0 spiro atoms. The van der Waals surface area contributed by atoms with E-state index in [9.17, 15) is 4.79 Å². The number of fused-ring (bicyclic) bond motifs is 1. The van der Waals surface area contributed by atoms with Gasteiger partial charge in [-0.05, 0) is 55.7 Å². The summed E-state index contributed by atoms with van der Waals surface area (Å²) in [5.74, 6) is 1.40. The highest BCUT2D eigenvalue weighted by Gasteiger charge is 2.13. The Bertz CT molecular complexity index is 1400. The van der Waals surface area contributed by atoms with E-state index < -0.39 is 0 Å². The Morgan fingerprint density at radius 2 is 1.81 bits per heavy atom. The van der Waals surface area contributed by atoms with E-state index in [0.29, 0.717) is 11.2 Å². The molecule has 5 nitrogen and oxygen atoms in total. The van der Waals surface area contributed by atoms with E-state index in [0.717, 1.165) is 46.8 Å². The summed E-state index contributed by atoms with van der Waals surface area (Å²) in [6.45, 7) is 2.05. The number of allylic oxidation sites excluding steroid dienone is 3. The fraction of sp³-hybridized carbons (Fsp3) is 0.111. The molecule has 2 heterocycles. The van der Waals surface area contributed by atoms with E-state index in [-0.39, 0.29) is 5.43 Å². The van der Waals surface area contributed by atoms with Crippen LogP contribution in [0.3, 0.4) is 0 Å². The summed E-state index contributed by atoms with van der Waals surface area (Å²) in [5.41, 5.74) is 4.80. The zero-order valence-corrected chi connectivity index (χ0v) is 17.9. The second-order valence-corrected chi connectivity index (χ2v) is 7.91. The Balaban J connectivity index is 1.68. The first kappa shape index (κ1) is 19.8. The molecule has 2 N–H and O–H groups in total. The van der Waals surface area contributed by atoms with Crippen LogP contribution >= 0.6 is 0 Å². The number of rotatable bonds is 5. The summed E-state index contributed by atoms with van der Waals surface area (Å²) < 4.78 is 2.07. The molecule has 0 aliphatic heterocycles. The third kappa shape index (κ3) is 4.05. The van der Waals surface area contributed by atoms with Crippen molar-refractivity contribution in [1.29, 1.82) is 0 Å². The molecule has 1 aliphatic rings. The highest BCUT2D eigenvalue weighted by Crippen LogP contribution is 2.26. The molecule has 0 saturated carbocycles. The molecule has 1 aliphatic carbocycles. The van der Waals surface area contributed by atoms with Crippen LogP contribution in [-0.4, -0.2) is 9.55 Å². The van der Waals surface area contributed by atoms with Crippen molar-refractivity contribution in [1.82, 2.24) is 9.55 Å². The molecule has 158 valence electrons. The van der Waals surface area contributed by atoms with Gasteiger partial charge in [0.25, 0.3) is 0 Å². The Morgan fingerprint density at radius 3 is 2.59 bits per heavy atom. The summed E-state index contributed by atoms with van der Waals surface area (Å²) in [6, 6.07) is 21.8. The van der Waals surface area contributed by atoms with E-state index in [1.807, 2.05) is 48.5 Å². The molecular weight excluding hydrogens is 396 g/mol. The molecule has 4 aromatic rings. The number of aromatic nitrogens is 2. The average Bonchev–Trinajstić information content (AvgIpc) is 2.80. The van der Waals surface area contributed by atoms with Gasteiger partial charge in [0.1, 0.15) is 11.6 Å². The Labute approximate surface area is 186 Å². The van der Waals surface area contributed by atoms with Crippen molar-refractivity contribution in [3.05, 3.63) is 113 Å². The lowest BCUT2D eigenvalue weighted by Gasteiger charge is -2.20. The number of para-hydroxylation sites is 1. The molecule has 0 radical (unpaired) electrons. The van der Waals surface area contributed by atoms with Crippen molar-refractivity contribution in [2.45, 2.75) is 19.8 Å². The van der Waals surface area contributed by atoms with Gasteiger partial charge < -0.3 is 10.6 Å². The lowest BCUT2D eigenvalue weighted by atomic mass is 10.1. The van der Waals surface area contributed by atoms with E-state index in [1.165, 1.54) is 0 Å². The van der Waals surface area contributed by atoms with Crippen LogP contribution in [-0.2, 0) is 0 Å². The third-order valence-corrected chi connectivity index (χ3v) is 5.47. The topological polar surface area (TPSA) is 59.0 Å². The summed E-state index contributed by atoms with van der Waals surface area (Å²) in [5, 5.41) is 7.39. The summed E-state index contributed by atoms with van der Waals surface area (Å²) in [6.07, 6.45) is 10.0. The molecule has 5 rings (SSSR count). The van der Waals surface area contributed by atoms with Gasteiger partial charge in [-0.25, -0.2) is 4.98 Å². The zero-order valence-electron chi connectivity index (χ0n) is 17.9. The molecule has 0 atom stereocenters. The van der Waals surface area contributed by atoms with Crippen LogP contribution in [0.15, 0.2) is 102 Å². The monoisotopic (exact) mass is 420 g/mol. The molecule has 0 saturated heterocycles. The number of hydrogen-bond acceptors (Lipinski definition) is 4. The van der Waals surface area contributed by atoms with Gasteiger partial charge in [0.2, 0.25) is 0 Å². The number of aryl methyl sites for hydroxylation is 1. The van der Waals surface area contributed by atoms with Crippen LogP contribution in [0.4, 0.5) is 17.3 Å². The van der Waals surface area contributed by atoms with Gasteiger partial charge in [0, 0.05) is 35.4 Å². The third-order valence-electron chi connectivity index (χ3n) is 5.47. The van der Waals surface area contributed by atoms with Crippen molar-refractivity contribution in [3.63, 3.8) is 0 Å². The van der Waals surface area contributed by atoms with E-state index >= 15 is 0 Å². The molecule has 2 aromatic carbocycles. The highest BCUT2D eigenvalue weighted by molar-refractivity contribution is 5.85. The molecule has 0 bridgehead atoms. The first-order chi connectivity index (χ1) is 15.7. The van der Waals surface area contributed by atoms with Gasteiger partial charge in [0.15, 0.2) is 5.43 Å². The minimum absolute atomic E-state index is 0.0651. The summed E-state index contributed by atoms with van der Waals surface area (Å²) in [4.78, 5) is 17.5. The maximum Gasteiger partial charge on any atom is 0.193 e. The smallest absolute Gasteiger partial charge is 0.193 e. The summed E-state index contributed by atoms with van der Waals surface area (Å²) in [7, 11) is 0. The van der Waals surface area contributed by atoms with Crippen LogP contribution in [0, 0.1) is 6.92 Å². The van der Waals surface area contributed by atoms with Crippen molar-refractivity contribution in [2.24, 2.45) is 0 Å². The number of nitrogens with zero attached hydrogens (tertiary/aromatic N) is 2. The summed E-state index contributed by atoms with van der Waals surface area (Å²) >= 11 is 0. The Hall–Kier alpha value is -4.12. The van der Waals surface area contributed by atoms with Crippen LogP contribution in [0.25, 0.3) is 16.6 Å². The van der Waals surface area contributed by atoms with E-state index in [4.69, 9.17) is 0 Å². The Morgan fingerprint density at radius 1 is 0.938 bits per heavy atom. The van der Waals surface area contributed by atoms with Gasteiger partial charge in [-0.3, -0.25) is 9.36 Å². The van der Waals surface area contributed by atoms with E-state index in [1.54, 1.807) is 12.3 Å². The number of hydrogen-bond donors (Lipinski definition) is 2. The molecule has 0 unspecified atom stereocenters. The SMILES string of the molecule is Cc1cccc(Nc2cc3c(cn2)c(=O)cc(NC2=CCCC=C2)n3-c2ccccc2)c1. The van der Waals surface area contributed by atoms with Crippen molar-refractivity contribution in [3.8, 4) is 5.69 Å². The lowest BCUT2D eigenvalue weighted by molar-refractivity contribution is 1.01. The lowest BCUT2D eigenvalue weighted by Crippen LogP contribution is -2.15. The molecule has 2 aromatic heterocycles. The number of pyridine rings is 2. The maximum absolute atomic E-state index is 13.0. The van der Waals surface area contributed by atoms with Crippen molar-refractivity contribution < 1.29 is 0 Å². The fourth-order valence-electron chi connectivity index (χ4n) is 3.96. The maximum atomic E-state index is 13.0. The fourth-order valence-corrected chi connectivity index (χ4v) is 3.96. The largest absolute Gasteiger partial charge is 0.342 e. The highest BCUT2D eigenvalue weighted by atomic mass is 16.1. The molecule has 32 heavy (non-hydrogen) atoms. The van der Waals surface area contributed by atoms with Gasteiger partial charge in [-0.1, -0.05) is 42.5 Å². The average molecular weight is 421 g/mol. The molecule has 0 fully saturated rings. The second kappa shape index (κ2) is 8.55. The van der Waals surface area contributed by atoms with Gasteiger partial charge in [-0.15, -0.1) is 0 Å². The standard InChI is InChI=1S/C27H24N4O/c1-19-9-8-12-21(15-19)29-26-16-24-23(18-28-26)25(32)17-27(30-20-10-4-2-5-11-20)31(24)22-13-6-3-7-14-22/h3-4,6-18,30H,2,5H2,1H3,(H,28,29). The predicted octanol–water partition coefficient (Wildman–Crippen LogP) is 6.08. The minimum Gasteiger partial charge on any atom is -0.342 e. The first-order valence-corrected chi connectivity index (χ1v) is 10.8. The molecular formula is C27H24N4O. The van der Waals surface area contributed by atoms with E-state index in [2.05, 4.69) is 57.5 Å². The Kier molecular flexibility index (Phi) is 5.30. The van der Waals surface area contributed by atoms with Crippen LogP contribution in [0.2, 0.25) is 0 Å². The number of anilines is 3.